The molecule has 2 atom stereocenters. The Balaban J connectivity index is 1.14. The molecule has 2 aliphatic rings. The summed E-state index contributed by atoms with van der Waals surface area (Å²) in [5.41, 5.74) is 7.97. The summed E-state index contributed by atoms with van der Waals surface area (Å²) in [4.78, 5) is 2.01. The summed E-state index contributed by atoms with van der Waals surface area (Å²) in [5, 5.41) is 1.70. The van der Waals surface area contributed by atoms with Gasteiger partial charge in [0.15, 0.2) is 28.9 Å². The fourth-order valence-corrected chi connectivity index (χ4v) is 12.0. The average molecular weight is 976 g/mol. The van der Waals surface area contributed by atoms with E-state index < -0.39 is 45.7 Å². The summed E-state index contributed by atoms with van der Waals surface area (Å²) in [6, 6.07) is 58.4. The molecule has 13 rings (SSSR count). The number of para-hydroxylation sites is 2. The third-order valence-electron chi connectivity index (χ3n) is 15.2. The molecule has 0 saturated heterocycles. The van der Waals surface area contributed by atoms with Gasteiger partial charge < -0.3 is 9.32 Å². The van der Waals surface area contributed by atoms with Crippen LogP contribution in [0.25, 0.3) is 56.3 Å². The molecule has 10 aromatic carbocycles. The van der Waals surface area contributed by atoms with Crippen LogP contribution in [0.5, 0.6) is 0 Å². The van der Waals surface area contributed by atoms with Crippen molar-refractivity contribution >= 4 is 51.2 Å². The van der Waals surface area contributed by atoms with Crippen LogP contribution in [0, 0.1) is 34.9 Å². The van der Waals surface area contributed by atoms with Crippen LogP contribution in [0.3, 0.4) is 0 Å². The molecule has 0 spiro atoms. The van der Waals surface area contributed by atoms with Gasteiger partial charge in [-0.2, -0.15) is 0 Å². The minimum atomic E-state index is -1.53. The van der Waals surface area contributed by atoms with Gasteiger partial charge >= 0.3 is 0 Å². The van der Waals surface area contributed by atoms with Crippen molar-refractivity contribution in [2.45, 2.75) is 10.8 Å². The molecule has 2 aliphatic carbocycles. The van der Waals surface area contributed by atoms with E-state index in [0.29, 0.717) is 73.7 Å². The second kappa shape index (κ2) is 16.7. The maximum absolute atomic E-state index is 17.0. The fraction of sp³-hybridized carbons (Fsp3) is 0.0303. The second-order valence-corrected chi connectivity index (χ2v) is 18.8. The third kappa shape index (κ3) is 6.27. The van der Waals surface area contributed by atoms with E-state index in [1.165, 1.54) is 0 Å². The van der Waals surface area contributed by atoms with Gasteiger partial charge in [0.2, 0.25) is 0 Å². The molecule has 11 aromatic rings. The molecule has 0 saturated carbocycles. The number of rotatable bonds is 9. The zero-order valence-electron chi connectivity index (χ0n) is 39.2. The van der Waals surface area contributed by atoms with Gasteiger partial charge in [0.1, 0.15) is 17.2 Å². The zero-order valence-corrected chi connectivity index (χ0v) is 39.2. The van der Waals surface area contributed by atoms with Crippen LogP contribution in [0.1, 0.15) is 55.6 Å². The first kappa shape index (κ1) is 44.8. The lowest BCUT2D eigenvalue weighted by molar-refractivity contribution is 0.484. The second-order valence-electron chi connectivity index (χ2n) is 18.8. The normalized spacial score (nSPS) is 16.2. The lowest BCUT2D eigenvalue weighted by Gasteiger charge is -2.36. The molecule has 1 aromatic heterocycles. The summed E-state index contributed by atoms with van der Waals surface area (Å²) < 4.78 is 103. The Labute approximate surface area is 422 Å². The van der Waals surface area contributed by atoms with E-state index in [1.807, 2.05) is 181 Å². The molecule has 0 N–H and O–H groups in total. The molecule has 8 heteroatoms. The van der Waals surface area contributed by atoms with Crippen molar-refractivity contribution in [1.29, 1.82) is 0 Å². The Hall–Kier alpha value is -9.14. The van der Waals surface area contributed by atoms with Crippen LogP contribution in [0.15, 0.2) is 218 Å². The Kier molecular flexibility index (Phi) is 10.1. The Morgan fingerprint density at radius 3 is 1.30 bits per heavy atom. The van der Waals surface area contributed by atoms with Gasteiger partial charge in [0.05, 0.1) is 16.5 Å². The highest BCUT2D eigenvalue weighted by Gasteiger charge is 2.50. The van der Waals surface area contributed by atoms with Crippen LogP contribution in [-0.2, 0) is 10.8 Å². The number of anilines is 3. The number of fused-ring (bicyclic) bond motifs is 9. The number of hydrogen-bond donors (Lipinski definition) is 0. The van der Waals surface area contributed by atoms with E-state index >= 15 is 26.3 Å². The van der Waals surface area contributed by atoms with Crippen LogP contribution in [0.4, 0.5) is 43.4 Å². The van der Waals surface area contributed by atoms with Gasteiger partial charge in [0.25, 0.3) is 0 Å². The van der Waals surface area contributed by atoms with E-state index in [2.05, 4.69) is 13.2 Å². The molecule has 356 valence electrons. The SMILES string of the molecule is C=Cc1ccc(C2(c3cc(F)c(F)cc3F)c3ccccc3-c3ccc(N(c4ccc5c(c4)C(c4ccc(C=C)cc4)(c4cc(F)c(F)cc4F)c4ccccc4-5)c4cccc5c4oc4ccccc45)cc32)cc1. The number of nitrogens with zero attached hydrogens (tertiary/aromatic N) is 1. The van der Waals surface area contributed by atoms with Crippen LogP contribution >= 0.6 is 0 Å². The zero-order chi connectivity index (χ0) is 50.6. The summed E-state index contributed by atoms with van der Waals surface area (Å²) in [6.07, 6.45) is 3.39. The molecular weight excluding hydrogens is 937 g/mol. The Bertz CT molecular complexity index is 3950. The van der Waals surface area contributed by atoms with Crippen molar-refractivity contribution in [3.8, 4) is 22.3 Å². The summed E-state index contributed by atoms with van der Waals surface area (Å²) in [6.45, 7) is 7.88. The molecule has 1 heterocycles. The van der Waals surface area contributed by atoms with E-state index in [4.69, 9.17) is 4.42 Å². The minimum absolute atomic E-state index is 0.0897. The van der Waals surface area contributed by atoms with E-state index in [-0.39, 0.29) is 11.1 Å². The first-order chi connectivity index (χ1) is 36.1. The first-order valence-corrected chi connectivity index (χ1v) is 24.0. The molecule has 0 fully saturated rings. The standard InChI is InChI=1S/C66H39F6NO/c1-3-38-20-24-40(25-21-38)65(54-34-58(69)60(71)36-56(54)67)50-16-8-5-12-44(50)46-30-28-42(32-52(46)65)73(62-18-11-15-49-48-14-7-10-19-63(48)74-64(49)62)43-29-31-47-45-13-6-9-17-51(45)66(53(47)33-43,41-26-22-39(4-2)23-27-41)55-35-59(70)61(72)37-57(55)68/h3-37H,1-2H2. The number of benzene rings is 10. The number of halogens is 6. The molecule has 0 amide bonds. The van der Waals surface area contributed by atoms with Gasteiger partial charge in [-0.1, -0.05) is 165 Å². The lowest BCUT2D eigenvalue weighted by Crippen LogP contribution is -2.31. The van der Waals surface area contributed by atoms with Crippen molar-refractivity contribution in [2.75, 3.05) is 4.90 Å². The van der Waals surface area contributed by atoms with Crippen LogP contribution < -0.4 is 4.90 Å². The smallest absolute Gasteiger partial charge is 0.161 e. The topological polar surface area (TPSA) is 16.4 Å². The third-order valence-corrected chi connectivity index (χ3v) is 15.2. The highest BCUT2D eigenvalue weighted by atomic mass is 19.2. The molecule has 0 radical (unpaired) electrons. The van der Waals surface area contributed by atoms with Gasteiger partial charge in [-0.15, -0.1) is 0 Å². The molecular formula is C66H39F6NO. The van der Waals surface area contributed by atoms with Crippen LogP contribution in [0.2, 0.25) is 0 Å². The summed E-state index contributed by atoms with van der Waals surface area (Å²) in [5.74, 6) is -6.92. The highest BCUT2D eigenvalue weighted by Crippen LogP contribution is 2.61. The van der Waals surface area contributed by atoms with Gasteiger partial charge in [-0.05, 0) is 115 Å². The molecule has 0 bridgehead atoms. The summed E-state index contributed by atoms with van der Waals surface area (Å²) >= 11 is 0. The fourth-order valence-electron chi connectivity index (χ4n) is 12.0. The predicted molar refractivity (Wildman–Crippen MR) is 283 cm³/mol. The minimum Gasteiger partial charge on any atom is -0.454 e. The van der Waals surface area contributed by atoms with E-state index in [0.717, 1.165) is 56.3 Å². The van der Waals surface area contributed by atoms with Crippen molar-refractivity contribution in [2.24, 2.45) is 0 Å². The van der Waals surface area contributed by atoms with Crippen molar-refractivity contribution in [1.82, 2.24) is 0 Å². The lowest BCUT2D eigenvalue weighted by atomic mass is 9.67. The van der Waals surface area contributed by atoms with E-state index in [1.54, 1.807) is 12.2 Å². The maximum atomic E-state index is 17.0. The van der Waals surface area contributed by atoms with Gasteiger partial charge in [-0.25, -0.2) is 26.3 Å². The van der Waals surface area contributed by atoms with Gasteiger partial charge in [0, 0.05) is 45.4 Å². The molecule has 74 heavy (non-hydrogen) atoms. The number of furan rings is 1. The molecule has 2 nitrogen and oxygen atoms in total. The Morgan fingerprint density at radius 2 is 0.797 bits per heavy atom. The Morgan fingerprint density at radius 1 is 0.365 bits per heavy atom. The monoisotopic (exact) mass is 975 g/mol. The quantitative estimate of drug-likeness (QED) is 0.106. The van der Waals surface area contributed by atoms with Crippen LogP contribution in [-0.4, -0.2) is 0 Å². The molecule has 2 unspecified atom stereocenters. The van der Waals surface area contributed by atoms with Gasteiger partial charge in [-0.3, -0.25) is 0 Å². The first-order valence-electron chi connectivity index (χ1n) is 24.0. The van der Waals surface area contributed by atoms with Crippen molar-refractivity contribution in [3.05, 3.63) is 304 Å². The molecule has 0 aliphatic heterocycles. The van der Waals surface area contributed by atoms with Crippen molar-refractivity contribution in [3.63, 3.8) is 0 Å². The number of hydrogen-bond acceptors (Lipinski definition) is 2. The average Bonchev–Trinajstić information content (AvgIpc) is 4.09. The largest absolute Gasteiger partial charge is 0.454 e. The predicted octanol–water partition coefficient (Wildman–Crippen LogP) is 17.9. The van der Waals surface area contributed by atoms with Crippen molar-refractivity contribution < 1.29 is 30.8 Å². The van der Waals surface area contributed by atoms with E-state index in [9.17, 15) is 0 Å². The highest BCUT2D eigenvalue weighted by molar-refractivity contribution is 6.10. The maximum Gasteiger partial charge on any atom is 0.161 e. The summed E-state index contributed by atoms with van der Waals surface area (Å²) in [7, 11) is 0.